The van der Waals surface area contributed by atoms with Crippen LogP contribution in [-0.4, -0.2) is 18.9 Å². The van der Waals surface area contributed by atoms with Gasteiger partial charge in [0, 0.05) is 12.5 Å². The Kier molecular flexibility index (Phi) is 4.54. The van der Waals surface area contributed by atoms with E-state index in [1.165, 1.54) is 0 Å². The van der Waals surface area contributed by atoms with Gasteiger partial charge in [0.25, 0.3) is 0 Å². The van der Waals surface area contributed by atoms with Crippen molar-refractivity contribution in [3.05, 3.63) is 65.7 Å². The second-order valence-electron chi connectivity index (χ2n) is 5.75. The first-order valence-electron chi connectivity index (χ1n) is 7.78. The monoisotopic (exact) mass is 295 g/mol. The van der Waals surface area contributed by atoms with E-state index in [2.05, 4.69) is 17.4 Å². The molecule has 1 saturated heterocycles. The van der Waals surface area contributed by atoms with Gasteiger partial charge in [0.1, 0.15) is 11.9 Å². The Morgan fingerprint density at radius 1 is 1.14 bits per heavy atom. The number of benzene rings is 2. The third-order valence-electron chi connectivity index (χ3n) is 4.17. The molecular weight excluding hydrogens is 274 g/mol. The summed E-state index contributed by atoms with van der Waals surface area (Å²) in [5.41, 5.74) is 1.81. The van der Waals surface area contributed by atoms with E-state index in [1.54, 1.807) is 6.92 Å². The lowest BCUT2D eigenvalue weighted by Crippen LogP contribution is -2.22. The summed E-state index contributed by atoms with van der Waals surface area (Å²) < 4.78 is 6.32. The number of para-hydroxylation sites is 1. The quantitative estimate of drug-likeness (QED) is 0.856. The van der Waals surface area contributed by atoms with Crippen LogP contribution in [0.1, 0.15) is 35.4 Å². The number of nitrogens with one attached hydrogen (secondary N) is 1. The van der Waals surface area contributed by atoms with E-state index in [0.717, 1.165) is 25.1 Å². The summed E-state index contributed by atoms with van der Waals surface area (Å²) in [5.74, 6) is 1.13. The molecule has 1 heterocycles. The fourth-order valence-electron chi connectivity index (χ4n) is 3.01. The van der Waals surface area contributed by atoms with E-state index in [-0.39, 0.29) is 11.9 Å². The Bertz CT molecular complexity index is 633. The van der Waals surface area contributed by atoms with Crippen molar-refractivity contribution in [2.75, 3.05) is 13.1 Å². The Morgan fingerprint density at radius 2 is 1.86 bits per heavy atom. The molecule has 114 valence electrons. The molecule has 0 radical (unpaired) electrons. The van der Waals surface area contributed by atoms with Crippen LogP contribution in [-0.2, 0) is 0 Å². The van der Waals surface area contributed by atoms with Crippen LogP contribution in [0.15, 0.2) is 54.6 Å². The van der Waals surface area contributed by atoms with E-state index >= 15 is 0 Å². The van der Waals surface area contributed by atoms with Gasteiger partial charge in [-0.15, -0.1) is 0 Å². The predicted octanol–water partition coefficient (Wildman–Crippen LogP) is 3.62. The van der Waals surface area contributed by atoms with Gasteiger partial charge < -0.3 is 10.1 Å². The molecule has 2 atom stereocenters. The van der Waals surface area contributed by atoms with Crippen LogP contribution in [0.25, 0.3) is 0 Å². The average Bonchev–Trinajstić information content (AvgIpc) is 3.08. The van der Waals surface area contributed by atoms with Crippen LogP contribution in [0.2, 0.25) is 0 Å². The van der Waals surface area contributed by atoms with Gasteiger partial charge in [-0.3, -0.25) is 4.79 Å². The summed E-state index contributed by atoms with van der Waals surface area (Å²) in [6, 6.07) is 17.8. The van der Waals surface area contributed by atoms with Crippen molar-refractivity contribution in [3.8, 4) is 5.75 Å². The predicted molar refractivity (Wildman–Crippen MR) is 87.2 cm³/mol. The average molecular weight is 295 g/mol. The van der Waals surface area contributed by atoms with Gasteiger partial charge in [-0.2, -0.15) is 0 Å². The van der Waals surface area contributed by atoms with Gasteiger partial charge in [-0.25, -0.2) is 0 Å². The molecule has 3 rings (SSSR count). The molecular formula is C19H21NO2. The Morgan fingerprint density at radius 3 is 2.55 bits per heavy atom. The number of Topliss-reactive ketones (excluding diaryl/α,β-unsaturated/α-hetero) is 1. The van der Waals surface area contributed by atoms with Crippen molar-refractivity contribution in [2.24, 2.45) is 5.92 Å². The van der Waals surface area contributed by atoms with Gasteiger partial charge in [-0.1, -0.05) is 42.5 Å². The maximum Gasteiger partial charge on any atom is 0.163 e. The molecule has 1 N–H and O–H groups in total. The standard InChI is InChI=1S/C19H21NO2/c1-14(21)17-9-5-6-10-18(17)22-19(16-11-12-20-13-16)15-7-3-2-4-8-15/h2-10,16,19-20H,11-13H2,1H3/t16-,19?/m0/s1. The molecule has 0 aliphatic carbocycles. The molecule has 1 aliphatic heterocycles. The summed E-state index contributed by atoms with van der Waals surface area (Å²) in [6.45, 7) is 3.55. The number of carbonyl (C=O) groups excluding carboxylic acids is 1. The topological polar surface area (TPSA) is 38.3 Å². The minimum absolute atomic E-state index is 0.0308. The van der Waals surface area contributed by atoms with Gasteiger partial charge in [0.05, 0.1) is 5.56 Å². The highest BCUT2D eigenvalue weighted by Crippen LogP contribution is 2.33. The summed E-state index contributed by atoms with van der Waals surface area (Å²) in [7, 11) is 0. The van der Waals surface area contributed by atoms with Crippen molar-refractivity contribution in [1.82, 2.24) is 5.32 Å². The molecule has 1 aliphatic rings. The normalized spacial score (nSPS) is 18.9. The van der Waals surface area contributed by atoms with Crippen molar-refractivity contribution in [2.45, 2.75) is 19.4 Å². The number of ketones is 1. The van der Waals surface area contributed by atoms with E-state index in [9.17, 15) is 4.79 Å². The van der Waals surface area contributed by atoms with Gasteiger partial charge in [-0.05, 0) is 37.6 Å². The molecule has 2 aromatic rings. The number of hydrogen-bond donors (Lipinski definition) is 1. The van der Waals surface area contributed by atoms with Crippen LogP contribution >= 0.6 is 0 Å². The van der Waals surface area contributed by atoms with Gasteiger partial charge in [0.2, 0.25) is 0 Å². The third kappa shape index (κ3) is 3.20. The Hall–Kier alpha value is -2.13. The minimum atomic E-state index is -0.0308. The molecule has 0 bridgehead atoms. The van der Waals surface area contributed by atoms with E-state index in [0.29, 0.717) is 17.2 Å². The molecule has 0 spiro atoms. The number of hydrogen-bond acceptors (Lipinski definition) is 3. The molecule has 3 nitrogen and oxygen atoms in total. The van der Waals surface area contributed by atoms with Gasteiger partial charge in [0.15, 0.2) is 5.78 Å². The zero-order valence-electron chi connectivity index (χ0n) is 12.8. The first-order valence-corrected chi connectivity index (χ1v) is 7.78. The molecule has 1 unspecified atom stereocenters. The van der Waals surface area contributed by atoms with Crippen molar-refractivity contribution in [1.29, 1.82) is 0 Å². The second kappa shape index (κ2) is 6.75. The van der Waals surface area contributed by atoms with Crippen LogP contribution in [0.3, 0.4) is 0 Å². The summed E-state index contributed by atoms with van der Waals surface area (Å²) >= 11 is 0. The van der Waals surface area contributed by atoms with Crippen LogP contribution in [0.5, 0.6) is 5.75 Å². The summed E-state index contributed by atoms with van der Waals surface area (Å²) in [4.78, 5) is 11.8. The van der Waals surface area contributed by atoms with Crippen LogP contribution in [0.4, 0.5) is 0 Å². The molecule has 0 amide bonds. The highest BCUT2D eigenvalue weighted by molar-refractivity contribution is 5.96. The Labute approximate surface area is 131 Å². The smallest absolute Gasteiger partial charge is 0.163 e. The Balaban J connectivity index is 1.92. The van der Waals surface area contributed by atoms with E-state index in [1.807, 2.05) is 42.5 Å². The summed E-state index contributed by atoms with van der Waals surface area (Å²) in [6.07, 6.45) is 1.05. The van der Waals surface area contributed by atoms with Crippen molar-refractivity contribution >= 4 is 5.78 Å². The second-order valence-corrected chi connectivity index (χ2v) is 5.75. The SMILES string of the molecule is CC(=O)c1ccccc1OC(c1ccccc1)[C@H]1CCNC1. The lowest BCUT2D eigenvalue weighted by Gasteiger charge is -2.25. The number of carbonyl (C=O) groups is 1. The van der Waals surface area contributed by atoms with Gasteiger partial charge >= 0.3 is 0 Å². The number of rotatable bonds is 5. The zero-order valence-corrected chi connectivity index (χ0v) is 12.8. The van der Waals surface area contributed by atoms with E-state index in [4.69, 9.17) is 4.74 Å². The molecule has 22 heavy (non-hydrogen) atoms. The highest BCUT2D eigenvalue weighted by Gasteiger charge is 2.28. The maximum absolute atomic E-state index is 11.8. The van der Waals surface area contributed by atoms with Crippen molar-refractivity contribution in [3.63, 3.8) is 0 Å². The largest absolute Gasteiger partial charge is 0.485 e. The fourth-order valence-corrected chi connectivity index (χ4v) is 3.01. The molecule has 0 aromatic heterocycles. The highest BCUT2D eigenvalue weighted by atomic mass is 16.5. The first kappa shape index (κ1) is 14.8. The van der Waals surface area contributed by atoms with Crippen molar-refractivity contribution < 1.29 is 9.53 Å². The van der Waals surface area contributed by atoms with Crippen LogP contribution in [0, 0.1) is 5.92 Å². The summed E-state index contributed by atoms with van der Waals surface area (Å²) in [5, 5.41) is 3.40. The molecule has 0 saturated carbocycles. The molecule has 1 fully saturated rings. The van der Waals surface area contributed by atoms with Crippen LogP contribution < -0.4 is 10.1 Å². The maximum atomic E-state index is 11.8. The lowest BCUT2D eigenvalue weighted by molar-refractivity contribution is 0.0997. The minimum Gasteiger partial charge on any atom is -0.485 e. The lowest BCUT2D eigenvalue weighted by atomic mass is 9.94. The molecule has 2 aromatic carbocycles. The third-order valence-corrected chi connectivity index (χ3v) is 4.17. The molecule has 3 heteroatoms. The first-order chi connectivity index (χ1) is 10.8. The zero-order chi connectivity index (χ0) is 15.4. The van der Waals surface area contributed by atoms with E-state index < -0.39 is 0 Å². The fraction of sp³-hybridized carbons (Fsp3) is 0.316. The number of ether oxygens (including phenoxy) is 1.